The Balaban J connectivity index is 1.55. The third-order valence-electron chi connectivity index (χ3n) is 4.66. The van der Waals surface area contributed by atoms with Crippen molar-refractivity contribution in [2.45, 2.75) is 39.0 Å². The fraction of sp³-hybridized carbons (Fsp3) is 0.261. The summed E-state index contributed by atoms with van der Waals surface area (Å²) in [6.45, 7) is 2.14. The van der Waals surface area contributed by atoms with E-state index in [-0.39, 0.29) is 11.8 Å². The van der Waals surface area contributed by atoms with Gasteiger partial charge in [-0.15, -0.1) is 0 Å². The number of hydrogen-bond acceptors (Lipinski definition) is 3. The van der Waals surface area contributed by atoms with Crippen molar-refractivity contribution >= 4 is 34.6 Å². The summed E-state index contributed by atoms with van der Waals surface area (Å²) in [7, 11) is 0. The number of aromatic amines is 1. The maximum absolute atomic E-state index is 12.4. The highest BCUT2D eigenvalue weighted by Gasteiger charge is 2.08. The van der Waals surface area contributed by atoms with E-state index in [1.165, 1.54) is 0 Å². The number of benzene rings is 2. The number of amides is 2. The van der Waals surface area contributed by atoms with E-state index in [1.807, 2.05) is 30.5 Å². The molecule has 0 aliphatic heterocycles. The van der Waals surface area contributed by atoms with E-state index in [0.717, 1.165) is 42.1 Å². The number of para-hydroxylation sites is 1. The minimum atomic E-state index is -0.333. The number of aromatic nitrogens is 1. The van der Waals surface area contributed by atoms with E-state index in [4.69, 9.17) is 0 Å². The number of nitrogens with zero attached hydrogens (tertiary/aromatic N) is 1. The van der Waals surface area contributed by atoms with Crippen LogP contribution >= 0.6 is 0 Å². The summed E-state index contributed by atoms with van der Waals surface area (Å²) < 4.78 is 0. The first-order chi connectivity index (χ1) is 14.2. The molecule has 0 atom stereocenters. The highest BCUT2D eigenvalue weighted by molar-refractivity contribution is 6.00. The standard InChI is InChI=1S/C23H26N4O2/c1-2-3-4-5-13-22(28)26-19-10-8-9-17(14-19)23(29)27-25-16-18-15-24-21-12-7-6-11-20(18)21/h6-12,14-16,24H,2-5,13H2,1H3,(H,26,28)(H,27,29). The minimum Gasteiger partial charge on any atom is -0.361 e. The van der Waals surface area contributed by atoms with Crippen molar-refractivity contribution in [3.63, 3.8) is 0 Å². The third-order valence-corrected chi connectivity index (χ3v) is 4.66. The number of carbonyl (C=O) groups is 2. The second-order valence-corrected chi connectivity index (χ2v) is 6.93. The molecular weight excluding hydrogens is 364 g/mol. The molecule has 0 unspecified atom stereocenters. The van der Waals surface area contributed by atoms with Crippen LogP contribution < -0.4 is 10.7 Å². The topological polar surface area (TPSA) is 86.3 Å². The maximum atomic E-state index is 12.4. The molecule has 1 aromatic heterocycles. The zero-order chi connectivity index (χ0) is 20.5. The Hall–Kier alpha value is -3.41. The average Bonchev–Trinajstić information content (AvgIpc) is 3.14. The Morgan fingerprint density at radius 2 is 1.93 bits per heavy atom. The molecular formula is C23H26N4O2. The van der Waals surface area contributed by atoms with E-state index in [9.17, 15) is 9.59 Å². The van der Waals surface area contributed by atoms with Crippen LogP contribution in [0.3, 0.4) is 0 Å². The number of fused-ring (bicyclic) bond motifs is 1. The normalized spacial score (nSPS) is 11.1. The summed E-state index contributed by atoms with van der Waals surface area (Å²) >= 11 is 0. The highest BCUT2D eigenvalue weighted by Crippen LogP contribution is 2.16. The van der Waals surface area contributed by atoms with Crippen molar-refractivity contribution in [3.05, 3.63) is 65.9 Å². The van der Waals surface area contributed by atoms with Crippen LogP contribution in [0.2, 0.25) is 0 Å². The van der Waals surface area contributed by atoms with Gasteiger partial charge in [0.1, 0.15) is 0 Å². The van der Waals surface area contributed by atoms with E-state index in [0.29, 0.717) is 17.7 Å². The number of hydrogen-bond donors (Lipinski definition) is 3. The lowest BCUT2D eigenvalue weighted by Gasteiger charge is -2.07. The smallest absolute Gasteiger partial charge is 0.271 e. The van der Waals surface area contributed by atoms with Crippen LogP contribution in [0.1, 0.15) is 54.9 Å². The second kappa shape index (κ2) is 10.2. The van der Waals surface area contributed by atoms with Gasteiger partial charge < -0.3 is 10.3 Å². The zero-order valence-electron chi connectivity index (χ0n) is 16.6. The molecule has 0 spiro atoms. The van der Waals surface area contributed by atoms with Crippen LogP contribution in [0.25, 0.3) is 10.9 Å². The molecule has 0 saturated heterocycles. The van der Waals surface area contributed by atoms with Crippen LogP contribution in [-0.2, 0) is 4.79 Å². The van der Waals surface area contributed by atoms with Crippen molar-refractivity contribution in [1.82, 2.24) is 10.4 Å². The van der Waals surface area contributed by atoms with E-state index in [1.54, 1.807) is 30.5 Å². The first-order valence-electron chi connectivity index (χ1n) is 9.97. The predicted molar refractivity (Wildman–Crippen MR) is 117 cm³/mol. The first kappa shape index (κ1) is 20.3. The summed E-state index contributed by atoms with van der Waals surface area (Å²) in [5.74, 6) is -0.365. The van der Waals surface area contributed by atoms with Gasteiger partial charge in [0.05, 0.1) is 6.21 Å². The van der Waals surface area contributed by atoms with Gasteiger partial charge in [0.25, 0.3) is 5.91 Å². The van der Waals surface area contributed by atoms with Crippen molar-refractivity contribution in [2.75, 3.05) is 5.32 Å². The molecule has 6 heteroatoms. The Labute approximate surface area is 170 Å². The molecule has 29 heavy (non-hydrogen) atoms. The summed E-state index contributed by atoms with van der Waals surface area (Å²) in [6.07, 6.45) is 8.16. The number of hydrazone groups is 1. The van der Waals surface area contributed by atoms with E-state index >= 15 is 0 Å². The SMILES string of the molecule is CCCCCCC(=O)Nc1cccc(C(=O)NN=Cc2c[nH]c3ccccc23)c1. The monoisotopic (exact) mass is 390 g/mol. The van der Waals surface area contributed by atoms with Gasteiger partial charge in [0, 0.05) is 40.3 Å². The molecule has 2 amide bonds. The summed E-state index contributed by atoms with van der Waals surface area (Å²) in [4.78, 5) is 27.6. The third kappa shape index (κ3) is 5.78. The number of H-pyrrole nitrogens is 1. The summed E-state index contributed by atoms with van der Waals surface area (Å²) in [5, 5.41) is 7.94. The van der Waals surface area contributed by atoms with Gasteiger partial charge >= 0.3 is 0 Å². The first-order valence-corrected chi connectivity index (χ1v) is 9.97. The molecule has 150 valence electrons. The van der Waals surface area contributed by atoms with Crippen molar-refractivity contribution in [1.29, 1.82) is 0 Å². The molecule has 0 fully saturated rings. The zero-order valence-corrected chi connectivity index (χ0v) is 16.6. The van der Waals surface area contributed by atoms with E-state index < -0.39 is 0 Å². The molecule has 0 bridgehead atoms. The molecule has 6 nitrogen and oxygen atoms in total. The second-order valence-electron chi connectivity index (χ2n) is 6.93. The Bertz CT molecular complexity index is 1010. The molecule has 0 radical (unpaired) electrons. The van der Waals surface area contributed by atoms with Crippen LogP contribution in [0, 0.1) is 0 Å². The van der Waals surface area contributed by atoms with Crippen LogP contribution in [0.4, 0.5) is 5.69 Å². The lowest BCUT2D eigenvalue weighted by Crippen LogP contribution is -2.18. The largest absolute Gasteiger partial charge is 0.361 e. The van der Waals surface area contributed by atoms with Crippen LogP contribution in [0.5, 0.6) is 0 Å². The number of nitrogens with one attached hydrogen (secondary N) is 3. The van der Waals surface area contributed by atoms with Gasteiger partial charge in [-0.2, -0.15) is 5.10 Å². The molecule has 2 aromatic carbocycles. The van der Waals surface area contributed by atoms with Crippen LogP contribution in [-0.4, -0.2) is 23.0 Å². The predicted octanol–water partition coefficient (Wildman–Crippen LogP) is 4.84. The van der Waals surface area contributed by atoms with Gasteiger partial charge in [-0.1, -0.05) is 50.5 Å². The van der Waals surface area contributed by atoms with Gasteiger partial charge in [-0.05, 0) is 30.7 Å². The van der Waals surface area contributed by atoms with Gasteiger partial charge in [0.15, 0.2) is 0 Å². The minimum absolute atomic E-state index is 0.0315. The van der Waals surface area contributed by atoms with E-state index in [2.05, 4.69) is 27.8 Å². The quantitative estimate of drug-likeness (QED) is 0.277. The summed E-state index contributed by atoms with van der Waals surface area (Å²) in [5.41, 5.74) is 5.49. The molecule has 0 aliphatic carbocycles. The van der Waals surface area contributed by atoms with Crippen molar-refractivity contribution < 1.29 is 9.59 Å². The molecule has 3 rings (SSSR count). The highest BCUT2D eigenvalue weighted by atomic mass is 16.2. The molecule has 1 heterocycles. The van der Waals surface area contributed by atoms with Gasteiger partial charge in [-0.3, -0.25) is 9.59 Å². The van der Waals surface area contributed by atoms with Gasteiger partial charge in [-0.25, -0.2) is 5.43 Å². The number of carbonyl (C=O) groups excluding carboxylic acids is 2. The number of anilines is 1. The molecule has 3 aromatic rings. The Morgan fingerprint density at radius 1 is 1.07 bits per heavy atom. The van der Waals surface area contributed by atoms with Crippen molar-refractivity contribution in [2.24, 2.45) is 5.10 Å². The Morgan fingerprint density at radius 3 is 2.79 bits per heavy atom. The fourth-order valence-electron chi connectivity index (χ4n) is 3.10. The number of rotatable bonds is 9. The lowest BCUT2D eigenvalue weighted by atomic mass is 10.1. The Kier molecular flexibility index (Phi) is 7.16. The maximum Gasteiger partial charge on any atom is 0.271 e. The average molecular weight is 390 g/mol. The molecule has 3 N–H and O–H groups in total. The van der Waals surface area contributed by atoms with Crippen LogP contribution in [0.15, 0.2) is 59.8 Å². The lowest BCUT2D eigenvalue weighted by molar-refractivity contribution is -0.116. The van der Waals surface area contributed by atoms with Crippen molar-refractivity contribution in [3.8, 4) is 0 Å². The van der Waals surface area contributed by atoms with Gasteiger partial charge in [0.2, 0.25) is 5.91 Å². The molecule has 0 aliphatic rings. The number of unbranched alkanes of at least 4 members (excludes halogenated alkanes) is 3. The molecule has 0 saturated carbocycles. The fourth-order valence-corrected chi connectivity index (χ4v) is 3.10. The summed E-state index contributed by atoms with van der Waals surface area (Å²) in [6, 6.07) is 14.7.